The quantitative estimate of drug-likeness (QED) is 0.147. The number of anilines is 3. The lowest BCUT2D eigenvalue weighted by Crippen LogP contribution is -2.16. The zero-order chi connectivity index (χ0) is 45.3. The number of fused-ring (bicyclic) bond motifs is 6. The van der Waals surface area contributed by atoms with Crippen LogP contribution in [-0.4, -0.2) is 0 Å². The summed E-state index contributed by atoms with van der Waals surface area (Å²) in [7, 11) is 0. The molecule has 320 valence electrons. The minimum absolute atomic E-state index is 0.0520. The maximum absolute atomic E-state index is 2.41. The summed E-state index contributed by atoms with van der Waals surface area (Å²) in [6.45, 7) is 9.44. The third-order valence-electron chi connectivity index (χ3n) is 14.7. The van der Waals surface area contributed by atoms with Gasteiger partial charge < -0.3 is 4.90 Å². The highest BCUT2D eigenvalue weighted by atomic mass is 15.1. The van der Waals surface area contributed by atoms with Gasteiger partial charge in [-0.2, -0.15) is 0 Å². The maximum atomic E-state index is 2.41. The van der Waals surface area contributed by atoms with Gasteiger partial charge in [0.05, 0.1) is 0 Å². The van der Waals surface area contributed by atoms with E-state index in [2.05, 4.69) is 269 Å². The predicted molar refractivity (Wildman–Crippen MR) is 283 cm³/mol. The minimum atomic E-state index is -0.0982. The van der Waals surface area contributed by atoms with Crippen LogP contribution in [0.5, 0.6) is 0 Å². The summed E-state index contributed by atoms with van der Waals surface area (Å²) in [5.74, 6) is 0. The van der Waals surface area contributed by atoms with E-state index in [1.54, 1.807) is 0 Å². The van der Waals surface area contributed by atoms with Crippen LogP contribution in [0.25, 0.3) is 77.9 Å². The van der Waals surface area contributed by atoms with Crippen molar-refractivity contribution in [1.29, 1.82) is 0 Å². The number of rotatable bonds is 8. The van der Waals surface area contributed by atoms with E-state index in [0.29, 0.717) is 0 Å². The second kappa shape index (κ2) is 15.9. The SMILES string of the molecule is CC1(C)c2ccccc2-c2ccc(-c3ccc(N(c4ccc(-c5ccc(-c6ccccc6)c(-c6ccccc6)c5)cc4)c4ccc(-c5cccc6c5C(C)(C)c5ccccc5-6)cc4)cc3)cc21. The number of benzene rings is 10. The average Bonchev–Trinajstić information content (AvgIpc) is 3.76. The summed E-state index contributed by atoms with van der Waals surface area (Å²) in [5.41, 5.74) is 26.3. The van der Waals surface area contributed by atoms with Crippen LogP contribution >= 0.6 is 0 Å². The Hall–Kier alpha value is -8.00. The zero-order valence-corrected chi connectivity index (χ0v) is 38.5. The molecule has 0 unspecified atom stereocenters. The lowest BCUT2D eigenvalue weighted by molar-refractivity contribution is 0.660. The van der Waals surface area contributed by atoms with E-state index in [4.69, 9.17) is 0 Å². The Morgan fingerprint density at radius 2 is 0.627 bits per heavy atom. The van der Waals surface area contributed by atoms with E-state index in [1.165, 1.54) is 100 Å². The molecule has 0 fully saturated rings. The van der Waals surface area contributed by atoms with Crippen LogP contribution in [0.1, 0.15) is 49.9 Å². The molecule has 0 atom stereocenters. The Kier molecular flexibility index (Phi) is 9.59. The second-order valence-electron chi connectivity index (χ2n) is 19.3. The highest BCUT2D eigenvalue weighted by Gasteiger charge is 2.38. The van der Waals surface area contributed by atoms with Crippen LogP contribution in [-0.2, 0) is 10.8 Å². The molecule has 1 heteroatoms. The van der Waals surface area contributed by atoms with Crippen molar-refractivity contribution in [2.75, 3.05) is 4.90 Å². The Morgan fingerprint density at radius 1 is 0.239 bits per heavy atom. The summed E-state index contributed by atoms with van der Waals surface area (Å²) in [4.78, 5) is 2.39. The average molecular weight is 858 g/mol. The topological polar surface area (TPSA) is 3.24 Å². The highest BCUT2D eigenvalue weighted by Crippen LogP contribution is 2.53. The first-order valence-corrected chi connectivity index (χ1v) is 23.6. The third kappa shape index (κ3) is 6.76. The summed E-state index contributed by atoms with van der Waals surface area (Å²) in [6, 6.07) is 87.3. The largest absolute Gasteiger partial charge is 0.311 e. The smallest absolute Gasteiger partial charge is 0.0462 e. The molecule has 0 bridgehead atoms. The molecule has 0 N–H and O–H groups in total. The molecule has 2 aliphatic carbocycles. The monoisotopic (exact) mass is 857 g/mol. The molecule has 0 aromatic heterocycles. The second-order valence-corrected chi connectivity index (χ2v) is 19.3. The summed E-state index contributed by atoms with van der Waals surface area (Å²) < 4.78 is 0. The van der Waals surface area contributed by atoms with Crippen molar-refractivity contribution in [2.24, 2.45) is 0 Å². The summed E-state index contributed by atoms with van der Waals surface area (Å²) in [6.07, 6.45) is 0. The first-order valence-electron chi connectivity index (χ1n) is 23.6. The molecule has 1 nitrogen and oxygen atoms in total. The van der Waals surface area contributed by atoms with Crippen LogP contribution in [0.2, 0.25) is 0 Å². The van der Waals surface area contributed by atoms with E-state index in [1.807, 2.05) is 0 Å². The number of nitrogens with zero attached hydrogens (tertiary/aromatic N) is 1. The Morgan fingerprint density at radius 3 is 1.21 bits per heavy atom. The van der Waals surface area contributed by atoms with Gasteiger partial charge in [-0.3, -0.25) is 0 Å². The van der Waals surface area contributed by atoms with Crippen LogP contribution in [0, 0.1) is 0 Å². The molecule has 0 saturated heterocycles. The molecule has 0 heterocycles. The molecule has 2 aliphatic rings. The van der Waals surface area contributed by atoms with E-state index in [0.717, 1.165) is 17.1 Å². The summed E-state index contributed by atoms with van der Waals surface area (Å²) in [5, 5.41) is 0. The van der Waals surface area contributed by atoms with E-state index < -0.39 is 0 Å². The lowest BCUT2D eigenvalue weighted by Gasteiger charge is -2.27. The highest BCUT2D eigenvalue weighted by molar-refractivity contribution is 5.91. The van der Waals surface area contributed by atoms with Gasteiger partial charge in [0, 0.05) is 27.9 Å². The fraction of sp³-hybridized carbons (Fsp3) is 0.0909. The van der Waals surface area contributed by atoms with Crippen LogP contribution in [0.15, 0.2) is 237 Å². The summed E-state index contributed by atoms with van der Waals surface area (Å²) >= 11 is 0. The molecule has 0 radical (unpaired) electrons. The molecule has 0 saturated carbocycles. The van der Waals surface area contributed by atoms with Crippen LogP contribution in [0.4, 0.5) is 17.1 Å². The molecule has 10 aromatic carbocycles. The Balaban J connectivity index is 0.925. The van der Waals surface area contributed by atoms with Crippen LogP contribution < -0.4 is 4.90 Å². The van der Waals surface area contributed by atoms with Gasteiger partial charge in [0.1, 0.15) is 0 Å². The molecule has 0 aliphatic heterocycles. The van der Waals surface area contributed by atoms with Gasteiger partial charge in [0.25, 0.3) is 0 Å². The van der Waals surface area contributed by atoms with Crippen molar-refractivity contribution >= 4 is 17.1 Å². The standard InChI is InChI=1S/C66H51N/c1-65(2)61-24-13-11-20-56(61)58-41-33-50(43-63(58)65)45-28-36-52(37-29-45)67(53-38-30-48(31-39-53)55-22-15-23-59-57-21-12-14-25-62(57)66(3,4)64(55)59)51-34-26-44(27-35-51)49-32-40-54(46-16-7-5-8-17-46)60(42-49)47-18-9-6-10-19-47/h5-43H,1-4H3. The number of hydrogen-bond acceptors (Lipinski definition) is 1. The first-order chi connectivity index (χ1) is 32.7. The fourth-order valence-corrected chi connectivity index (χ4v) is 11.3. The molecule has 0 amide bonds. The van der Waals surface area contributed by atoms with Crippen molar-refractivity contribution in [3.05, 3.63) is 259 Å². The van der Waals surface area contributed by atoms with Crippen LogP contribution in [0.3, 0.4) is 0 Å². The normalized spacial score (nSPS) is 13.6. The molecular weight excluding hydrogens is 807 g/mol. The van der Waals surface area contributed by atoms with Crippen molar-refractivity contribution < 1.29 is 0 Å². The van der Waals surface area contributed by atoms with Crippen molar-refractivity contribution in [1.82, 2.24) is 0 Å². The van der Waals surface area contributed by atoms with Gasteiger partial charge in [-0.25, -0.2) is 0 Å². The lowest BCUT2D eigenvalue weighted by atomic mass is 9.79. The molecule has 0 spiro atoms. The first kappa shape index (κ1) is 40.5. The fourth-order valence-electron chi connectivity index (χ4n) is 11.3. The van der Waals surface area contributed by atoms with Gasteiger partial charge >= 0.3 is 0 Å². The zero-order valence-electron chi connectivity index (χ0n) is 38.5. The van der Waals surface area contributed by atoms with E-state index >= 15 is 0 Å². The minimum Gasteiger partial charge on any atom is -0.311 e. The van der Waals surface area contributed by atoms with Gasteiger partial charge in [-0.15, -0.1) is 0 Å². The molecule has 67 heavy (non-hydrogen) atoms. The molecule has 10 aromatic rings. The maximum Gasteiger partial charge on any atom is 0.0462 e. The van der Waals surface area contributed by atoms with E-state index in [9.17, 15) is 0 Å². The van der Waals surface area contributed by atoms with Gasteiger partial charge in [0.15, 0.2) is 0 Å². The van der Waals surface area contributed by atoms with Gasteiger partial charge in [0.2, 0.25) is 0 Å². The van der Waals surface area contributed by atoms with Crippen molar-refractivity contribution in [2.45, 2.75) is 38.5 Å². The predicted octanol–water partition coefficient (Wildman–Crippen LogP) is 18.1. The Bertz CT molecular complexity index is 3470. The van der Waals surface area contributed by atoms with Crippen molar-refractivity contribution in [3.63, 3.8) is 0 Å². The third-order valence-corrected chi connectivity index (χ3v) is 14.7. The van der Waals surface area contributed by atoms with E-state index in [-0.39, 0.29) is 10.8 Å². The number of hydrogen-bond donors (Lipinski definition) is 0. The molecule has 12 rings (SSSR count). The van der Waals surface area contributed by atoms with Gasteiger partial charge in [-0.05, 0) is 149 Å². The molecular formula is C66H51N. The van der Waals surface area contributed by atoms with Gasteiger partial charge in [-0.1, -0.05) is 216 Å². The van der Waals surface area contributed by atoms with Crippen molar-refractivity contribution in [3.8, 4) is 77.9 Å². The Labute approximate surface area is 395 Å².